The summed E-state index contributed by atoms with van der Waals surface area (Å²) in [6, 6.07) is 43.7. The molecule has 0 unspecified atom stereocenters. The quantitative estimate of drug-likeness (QED) is 0.134. The van der Waals surface area contributed by atoms with Crippen LogP contribution in [0.5, 0.6) is 0 Å². The molecule has 2 heterocycles. The van der Waals surface area contributed by atoms with Gasteiger partial charge in [0.2, 0.25) is 0 Å². The van der Waals surface area contributed by atoms with Crippen LogP contribution >= 0.6 is 15.9 Å². The number of furan rings is 2. The average Bonchev–Trinajstić information content (AvgIpc) is 3.75. The minimum atomic E-state index is -1.64. The molecule has 0 radical (unpaired) electrons. The monoisotopic (exact) mass is 648 g/mol. The highest BCUT2D eigenvalue weighted by Gasteiger charge is 2.15. The van der Waals surface area contributed by atoms with Crippen molar-refractivity contribution in [2.75, 3.05) is 0 Å². The SMILES string of the molecule is Brc1ccc(Cc2ccccc2)cc1.O=Cc1ccc(-c2ccc(Cc3ccccc3)cc2)o1.O=Cc1ccc(B(O)O)o1. The summed E-state index contributed by atoms with van der Waals surface area (Å²) in [7, 11) is -1.64. The van der Waals surface area contributed by atoms with Crippen molar-refractivity contribution in [3.8, 4) is 11.3 Å². The topological polar surface area (TPSA) is 101 Å². The van der Waals surface area contributed by atoms with Crippen LogP contribution in [-0.2, 0) is 12.8 Å². The molecular weight excluding hydrogens is 619 g/mol. The summed E-state index contributed by atoms with van der Waals surface area (Å²) >= 11 is 3.43. The Balaban J connectivity index is 0.000000161. The summed E-state index contributed by atoms with van der Waals surface area (Å²) < 4.78 is 11.2. The minimum Gasteiger partial charge on any atom is -0.462 e. The first-order valence-electron chi connectivity index (χ1n) is 13.8. The summed E-state index contributed by atoms with van der Waals surface area (Å²) in [4.78, 5) is 20.6. The zero-order valence-corrected chi connectivity index (χ0v) is 25.3. The van der Waals surface area contributed by atoms with Crippen LogP contribution < -0.4 is 5.66 Å². The molecule has 0 saturated heterocycles. The first-order chi connectivity index (χ1) is 21.4. The van der Waals surface area contributed by atoms with Gasteiger partial charge in [0.05, 0.1) is 0 Å². The fourth-order valence-electron chi connectivity index (χ4n) is 4.19. The molecule has 0 fully saturated rings. The van der Waals surface area contributed by atoms with Crippen molar-refractivity contribution in [3.63, 3.8) is 0 Å². The van der Waals surface area contributed by atoms with E-state index in [1.54, 1.807) is 6.07 Å². The number of carbonyl (C=O) groups excluding carboxylic acids is 2. The Bertz CT molecular complexity index is 1710. The van der Waals surface area contributed by atoms with Gasteiger partial charge in [-0.05, 0) is 71.5 Å². The molecule has 0 saturated carbocycles. The second-order valence-corrected chi connectivity index (χ2v) is 10.6. The smallest absolute Gasteiger partial charge is 0.462 e. The first-order valence-corrected chi connectivity index (χ1v) is 14.6. The number of halogens is 1. The van der Waals surface area contributed by atoms with E-state index in [4.69, 9.17) is 14.5 Å². The third kappa shape index (κ3) is 10.2. The van der Waals surface area contributed by atoms with E-state index in [-0.39, 0.29) is 11.4 Å². The molecule has 0 aliphatic heterocycles. The number of hydrogen-bond donors (Lipinski definition) is 2. The van der Waals surface area contributed by atoms with Crippen LogP contribution in [0.1, 0.15) is 43.4 Å². The molecule has 6 nitrogen and oxygen atoms in total. The molecule has 0 aliphatic rings. The van der Waals surface area contributed by atoms with Crippen LogP contribution in [0.15, 0.2) is 147 Å². The zero-order chi connectivity index (χ0) is 31.1. The van der Waals surface area contributed by atoms with E-state index in [1.165, 1.54) is 34.4 Å². The summed E-state index contributed by atoms with van der Waals surface area (Å²) in [6.45, 7) is 0. The largest absolute Gasteiger partial charge is 0.526 e. The van der Waals surface area contributed by atoms with Gasteiger partial charge in [0.15, 0.2) is 24.1 Å². The van der Waals surface area contributed by atoms with Gasteiger partial charge in [-0.1, -0.05) is 113 Å². The Morgan fingerprint density at radius 3 is 1.43 bits per heavy atom. The molecule has 220 valence electrons. The minimum absolute atomic E-state index is 0.0258. The molecular formula is C36H30BBrO6. The maximum atomic E-state index is 10.6. The Morgan fingerprint density at radius 1 is 0.545 bits per heavy atom. The van der Waals surface area contributed by atoms with Gasteiger partial charge in [-0.3, -0.25) is 9.59 Å². The summed E-state index contributed by atoms with van der Waals surface area (Å²) in [5.41, 5.74) is 6.20. The molecule has 8 heteroatoms. The number of aldehydes is 2. The third-order valence-corrected chi connectivity index (χ3v) is 6.94. The highest BCUT2D eigenvalue weighted by molar-refractivity contribution is 9.10. The summed E-state index contributed by atoms with van der Waals surface area (Å²) in [5.74, 6) is 1.16. The van der Waals surface area contributed by atoms with Crippen LogP contribution in [0.2, 0.25) is 0 Å². The maximum Gasteiger partial charge on any atom is 0.526 e. The Kier molecular flexibility index (Phi) is 12.3. The molecule has 4 aromatic carbocycles. The van der Waals surface area contributed by atoms with Gasteiger partial charge >= 0.3 is 7.12 Å². The van der Waals surface area contributed by atoms with Gasteiger partial charge in [0, 0.05) is 10.0 Å². The zero-order valence-electron chi connectivity index (χ0n) is 23.8. The van der Waals surface area contributed by atoms with Crippen LogP contribution in [0, 0.1) is 0 Å². The molecule has 0 aliphatic carbocycles. The second kappa shape index (κ2) is 16.8. The molecule has 2 aromatic heterocycles. The van der Waals surface area contributed by atoms with Crippen molar-refractivity contribution in [2.45, 2.75) is 12.8 Å². The first kappa shape index (κ1) is 32.2. The van der Waals surface area contributed by atoms with Crippen molar-refractivity contribution in [3.05, 3.63) is 172 Å². The average molecular weight is 649 g/mol. The lowest BCUT2D eigenvalue weighted by Crippen LogP contribution is -2.27. The molecule has 0 spiro atoms. The highest BCUT2D eigenvalue weighted by atomic mass is 79.9. The van der Waals surface area contributed by atoms with E-state index in [1.807, 2.05) is 42.5 Å². The van der Waals surface area contributed by atoms with Gasteiger partial charge in [-0.15, -0.1) is 0 Å². The fraction of sp³-hybridized carbons (Fsp3) is 0.0556. The van der Waals surface area contributed by atoms with E-state index in [9.17, 15) is 9.59 Å². The van der Waals surface area contributed by atoms with Gasteiger partial charge in [0.25, 0.3) is 0 Å². The third-order valence-electron chi connectivity index (χ3n) is 6.41. The molecule has 0 amide bonds. The van der Waals surface area contributed by atoms with Crippen molar-refractivity contribution < 1.29 is 28.5 Å². The lowest BCUT2D eigenvalue weighted by Gasteiger charge is -2.03. The fourth-order valence-corrected chi connectivity index (χ4v) is 4.46. The predicted octanol–water partition coefficient (Wildman–Crippen LogP) is 7.16. The maximum absolute atomic E-state index is 10.6. The van der Waals surface area contributed by atoms with Crippen molar-refractivity contribution in [2.24, 2.45) is 0 Å². The number of benzene rings is 4. The molecule has 6 aromatic rings. The standard InChI is InChI=1S/C18H14O2.C13H11Br.C5H5BO4/c19-13-17-10-11-18(20-17)16-8-6-15(7-9-16)12-14-4-2-1-3-5-14;14-13-8-6-12(7-9-13)10-11-4-2-1-3-5-11;7-3-4-1-2-5(10-4)6(8)9/h1-11,13H,12H2;1-9H,10H2;1-3,8-9H. The Hall–Kier alpha value is -4.76. The van der Waals surface area contributed by atoms with Gasteiger partial charge in [0.1, 0.15) is 11.4 Å². The van der Waals surface area contributed by atoms with Gasteiger partial charge < -0.3 is 18.9 Å². The van der Waals surface area contributed by atoms with Gasteiger partial charge in [-0.2, -0.15) is 0 Å². The summed E-state index contributed by atoms with van der Waals surface area (Å²) in [6.07, 6.45) is 3.13. The lowest BCUT2D eigenvalue weighted by molar-refractivity contribution is 0.109. The normalized spacial score (nSPS) is 10.1. The van der Waals surface area contributed by atoms with Crippen molar-refractivity contribution >= 4 is 41.3 Å². The Morgan fingerprint density at radius 2 is 1.00 bits per heavy atom. The molecule has 6 rings (SSSR count). The molecule has 2 N–H and O–H groups in total. The number of hydrogen-bond acceptors (Lipinski definition) is 6. The molecule has 44 heavy (non-hydrogen) atoms. The van der Waals surface area contributed by atoms with E-state index in [2.05, 4.69) is 93.1 Å². The van der Waals surface area contributed by atoms with Crippen LogP contribution in [0.3, 0.4) is 0 Å². The van der Waals surface area contributed by atoms with Crippen molar-refractivity contribution in [1.29, 1.82) is 0 Å². The van der Waals surface area contributed by atoms with E-state index in [0.717, 1.165) is 28.6 Å². The molecule has 0 atom stereocenters. The van der Waals surface area contributed by atoms with Crippen molar-refractivity contribution in [1.82, 2.24) is 0 Å². The van der Waals surface area contributed by atoms with E-state index in [0.29, 0.717) is 18.3 Å². The van der Waals surface area contributed by atoms with E-state index >= 15 is 0 Å². The lowest BCUT2D eigenvalue weighted by atomic mass is 9.88. The highest BCUT2D eigenvalue weighted by Crippen LogP contribution is 2.22. The Labute approximate surface area is 264 Å². The van der Waals surface area contributed by atoms with Crippen LogP contribution in [-0.4, -0.2) is 29.7 Å². The molecule has 0 bridgehead atoms. The number of rotatable bonds is 8. The van der Waals surface area contributed by atoms with E-state index < -0.39 is 7.12 Å². The predicted molar refractivity (Wildman–Crippen MR) is 176 cm³/mol. The van der Waals surface area contributed by atoms with Crippen LogP contribution in [0.4, 0.5) is 0 Å². The summed E-state index contributed by atoms with van der Waals surface area (Å²) in [5, 5.41) is 17.0. The van der Waals surface area contributed by atoms with Crippen LogP contribution in [0.25, 0.3) is 11.3 Å². The second-order valence-electron chi connectivity index (χ2n) is 9.70. The van der Waals surface area contributed by atoms with Gasteiger partial charge in [-0.25, -0.2) is 0 Å². The number of carbonyl (C=O) groups is 2.